The molecule has 1 atom stereocenters. The molecule has 1 aliphatic rings. The molecule has 1 unspecified atom stereocenters. The van der Waals surface area contributed by atoms with E-state index in [2.05, 4.69) is 0 Å². The molecule has 1 fully saturated rings. The first-order chi connectivity index (χ1) is 9.72. The number of rotatable bonds is 3. The van der Waals surface area contributed by atoms with Gasteiger partial charge in [0.15, 0.2) is 0 Å². The zero-order valence-electron chi connectivity index (χ0n) is 11.1. The first-order valence-electron chi connectivity index (χ1n) is 6.77. The van der Waals surface area contributed by atoms with Gasteiger partial charge < -0.3 is 5.73 Å². The molecule has 2 aromatic carbocycles. The number of hydrogen-bond donors (Lipinski definition) is 1. The number of carbonyl (C=O) groups excluding carboxylic acids is 2. The van der Waals surface area contributed by atoms with Crippen molar-refractivity contribution >= 4 is 28.3 Å². The van der Waals surface area contributed by atoms with E-state index >= 15 is 0 Å². The van der Waals surface area contributed by atoms with Crippen LogP contribution in [-0.2, 0) is 9.59 Å². The molecular weight excluding hydrogens is 252 g/mol. The fraction of sp³-hybridized carbons (Fsp3) is 0.250. The molecule has 0 radical (unpaired) electrons. The summed E-state index contributed by atoms with van der Waals surface area (Å²) in [6.07, 6.45) is 0.824. The number of amides is 2. The van der Waals surface area contributed by atoms with Crippen LogP contribution in [0.5, 0.6) is 0 Å². The third kappa shape index (κ3) is 1.98. The molecule has 1 aliphatic heterocycles. The van der Waals surface area contributed by atoms with E-state index < -0.39 is 0 Å². The fourth-order valence-corrected chi connectivity index (χ4v) is 2.78. The highest BCUT2D eigenvalue weighted by Gasteiger charge is 2.39. The molecule has 4 heteroatoms. The summed E-state index contributed by atoms with van der Waals surface area (Å²) < 4.78 is 0. The lowest BCUT2D eigenvalue weighted by atomic mass is 10.0. The van der Waals surface area contributed by atoms with Crippen LogP contribution in [0.1, 0.15) is 12.8 Å². The molecule has 1 heterocycles. The second kappa shape index (κ2) is 5.06. The van der Waals surface area contributed by atoms with Gasteiger partial charge in [0.05, 0.1) is 5.69 Å². The maximum atomic E-state index is 12.4. The Hall–Kier alpha value is -2.20. The van der Waals surface area contributed by atoms with E-state index in [1.165, 1.54) is 4.90 Å². The van der Waals surface area contributed by atoms with Gasteiger partial charge in [0, 0.05) is 17.7 Å². The summed E-state index contributed by atoms with van der Waals surface area (Å²) in [6.45, 7) is 0.424. The first kappa shape index (κ1) is 12.8. The molecule has 102 valence electrons. The molecular formula is C16H16N2O2. The van der Waals surface area contributed by atoms with E-state index in [0.717, 1.165) is 10.8 Å². The SMILES string of the molecule is NCCC1CC(=O)N(c2cccc3ccccc23)C1=O. The highest BCUT2D eigenvalue weighted by atomic mass is 16.2. The van der Waals surface area contributed by atoms with E-state index in [1.807, 2.05) is 42.5 Å². The number of nitrogens with zero attached hydrogens (tertiary/aromatic N) is 1. The summed E-state index contributed by atoms with van der Waals surface area (Å²) in [5.41, 5.74) is 6.19. The lowest BCUT2D eigenvalue weighted by Gasteiger charge is -2.17. The van der Waals surface area contributed by atoms with Gasteiger partial charge >= 0.3 is 0 Å². The second-order valence-electron chi connectivity index (χ2n) is 5.04. The lowest BCUT2D eigenvalue weighted by molar-refractivity contribution is -0.122. The van der Waals surface area contributed by atoms with Crippen molar-refractivity contribution < 1.29 is 9.59 Å². The van der Waals surface area contributed by atoms with Crippen molar-refractivity contribution in [3.05, 3.63) is 42.5 Å². The van der Waals surface area contributed by atoms with Gasteiger partial charge in [0.25, 0.3) is 0 Å². The molecule has 20 heavy (non-hydrogen) atoms. The van der Waals surface area contributed by atoms with Crippen LogP contribution in [0.25, 0.3) is 10.8 Å². The van der Waals surface area contributed by atoms with Gasteiger partial charge in [-0.25, -0.2) is 4.90 Å². The van der Waals surface area contributed by atoms with Crippen LogP contribution < -0.4 is 10.6 Å². The second-order valence-corrected chi connectivity index (χ2v) is 5.04. The molecule has 0 aliphatic carbocycles. The van der Waals surface area contributed by atoms with Crippen LogP contribution in [0, 0.1) is 5.92 Å². The van der Waals surface area contributed by atoms with E-state index in [-0.39, 0.29) is 24.2 Å². The third-order valence-electron chi connectivity index (χ3n) is 3.76. The Morgan fingerprint density at radius 2 is 1.85 bits per heavy atom. The van der Waals surface area contributed by atoms with Crippen molar-refractivity contribution in [2.24, 2.45) is 11.7 Å². The molecule has 2 aromatic rings. The topological polar surface area (TPSA) is 63.4 Å². The summed E-state index contributed by atoms with van der Waals surface area (Å²) in [5, 5.41) is 1.94. The van der Waals surface area contributed by atoms with Crippen molar-refractivity contribution in [1.82, 2.24) is 0 Å². The Morgan fingerprint density at radius 1 is 1.10 bits per heavy atom. The third-order valence-corrected chi connectivity index (χ3v) is 3.76. The summed E-state index contributed by atoms with van der Waals surface area (Å²) >= 11 is 0. The number of anilines is 1. The van der Waals surface area contributed by atoms with Crippen molar-refractivity contribution in [1.29, 1.82) is 0 Å². The van der Waals surface area contributed by atoms with Gasteiger partial charge in [0.1, 0.15) is 0 Å². The fourth-order valence-electron chi connectivity index (χ4n) is 2.78. The largest absolute Gasteiger partial charge is 0.330 e. The smallest absolute Gasteiger partial charge is 0.237 e. The number of carbonyl (C=O) groups is 2. The van der Waals surface area contributed by atoms with Gasteiger partial charge in [-0.3, -0.25) is 9.59 Å². The summed E-state index contributed by atoms with van der Waals surface area (Å²) in [4.78, 5) is 25.9. The average molecular weight is 268 g/mol. The van der Waals surface area contributed by atoms with Crippen LogP contribution in [0.4, 0.5) is 5.69 Å². The molecule has 3 rings (SSSR count). The average Bonchev–Trinajstić information content (AvgIpc) is 2.74. The molecule has 0 spiro atoms. The predicted octanol–water partition coefficient (Wildman–Crippen LogP) is 2.07. The van der Waals surface area contributed by atoms with Gasteiger partial charge in [-0.15, -0.1) is 0 Å². The van der Waals surface area contributed by atoms with Gasteiger partial charge in [-0.1, -0.05) is 36.4 Å². The minimum Gasteiger partial charge on any atom is -0.330 e. The molecule has 4 nitrogen and oxygen atoms in total. The Balaban J connectivity index is 2.07. The summed E-state index contributed by atoms with van der Waals surface area (Å²) in [5.74, 6) is -0.534. The van der Waals surface area contributed by atoms with Crippen LogP contribution in [0.3, 0.4) is 0 Å². The van der Waals surface area contributed by atoms with E-state index in [4.69, 9.17) is 5.73 Å². The zero-order valence-corrected chi connectivity index (χ0v) is 11.1. The van der Waals surface area contributed by atoms with Crippen LogP contribution in [-0.4, -0.2) is 18.4 Å². The number of fused-ring (bicyclic) bond motifs is 1. The highest BCUT2D eigenvalue weighted by Crippen LogP contribution is 2.33. The minimum atomic E-state index is -0.272. The highest BCUT2D eigenvalue weighted by molar-refractivity contribution is 6.23. The van der Waals surface area contributed by atoms with Crippen molar-refractivity contribution in [3.63, 3.8) is 0 Å². The van der Waals surface area contributed by atoms with Gasteiger partial charge in [0.2, 0.25) is 11.8 Å². The Labute approximate surface area is 117 Å². The number of nitrogens with two attached hydrogens (primary N) is 1. The molecule has 2 N–H and O–H groups in total. The molecule has 1 saturated heterocycles. The van der Waals surface area contributed by atoms with E-state index in [0.29, 0.717) is 18.7 Å². The maximum Gasteiger partial charge on any atom is 0.237 e. The van der Waals surface area contributed by atoms with Crippen molar-refractivity contribution in [2.45, 2.75) is 12.8 Å². The molecule has 0 saturated carbocycles. The van der Waals surface area contributed by atoms with E-state index in [9.17, 15) is 9.59 Å². The summed E-state index contributed by atoms with van der Waals surface area (Å²) in [6, 6.07) is 13.4. The van der Waals surface area contributed by atoms with Crippen LogP contribution >= 0.6 is 0 Å². The van der Waals surface area contributed by atoms with E-state index in [1.54, 1.807) is 0 Å². The van der Waals surface area contributed by atoms with Crippen LogP contribution in [0.15, 0.2) is 42.5 Å². The quantitative estimate of drug-likeness (QED) is 0.867. The number of imide groups is 1. The first-order valence-corrected chi connectivity index (χ1v) is 6.77. The zero-order chi connectivity index (χ0) is 14.1. The monoisotopic (exact) mass is 268 g/mol. The molecule has 2 amide bonds. The Bertz CT molecular complexity index is 676. The maximum absolute atomic E-state index is 12.4. The van der Waals surface area contributed by atoms with Crippen molar-refractivity contribution in [2.75, 3.05) is 11.4 Å². The van der Waals surface area contributed by atoms with Crippen molar-refractivity contribution in [3.8, 4) is 0 Å². The normalized spacial score (nSPS) is 19.1. The lowest BCUT2D eigenvalue weighted by Crippen LogP contribution is -2.31. The van der Waals surface area contributed by atoms with Crippen LogP contribution in [0.2, 0.25) is 0 Å². The minimum absolute atomic E-state index is 0.128. The standard InChI is InChI=1S/C16H16N2O2/c17-9-8-12-10-15(19)18(16(12)20)14-7-3-5-11-4-1-2-6-13(11)14/h1-7,12H,8-10,17H2. The Morgan fingerprint density at radius 3 is 2.65 bits per heavy atom. The molecule has 0 bridgehead atoms. The summed E-state index contributed by atoms with van der Waals surface area (Å²) in [7, 11) is 0. The Kier molecular flexibility index (Phi) is 3.24. The molecule has 0 aromatic heterocycles. The predicted molar refractivity (Wildman–Crippen MR) is 78.2 cm³/mol. The van der Waals surface area contributed by atoms with Gasteiger partial charge in [-0.2, -0.15) is 0 Å². The number of benzene rings is 2. The number of hydrogen-bond acceptors (Lipinski definition) is 3. The van der Waals surface area contributed by atoms with Gasteiger partial charge in [-0.05, 0) is 24.4 Å².